The van der Waals surface area contributed by atoms with Gasteiger partial charge in [-0.1, -0.05) is 32.0 Å². The van der Waals surface area contributed by atoms with Crippen LogP contribution in [0.1, 0.15) is 42.4 Å². The van der Waals surface area contributed by atoms with E-state index in [4.69, 9.17) is 4.74 Å². The molecule has 0 aliphatic rings. The van der Waals surface area contributed by atoms with Crippen LogP contribution in [0.5, 0.6) is 0 Å². The lowest BCUT2D eigenvalue weighted by Gasteiger charge is -2.27. The van der Waals surface area contributed by atoms with Gasteiger partial charge >= 0.3 is 5.97 Å². The second-order valence-electron chi connectivity index (χ2n) is 6.81. The molecule has 1 heterocycles. The Hall–Kier alpha value is -2.94. The Morgan fingerprint density at radius 3 is 2.58 bits per heavy atom. The third kappa shape index (κ3) is 3.83. The number of hydrogen-bond acceptors (Lipinski definition) is 5. The van der Waals surface area contributed by atoms with Gasteiger partial charge in [0.05, 0.1) is 22.8 Å². The smallest absolute Gasteiger partial charge is 0.340 e. The molecule has 0 bridgehead atoms. The molecule has 1 amide bonds. The fourth-order valence-electron chi connectivity index (χ4n) is 2.66. The number of ether oxygens (including phenoxy) is 1. The van der Waals surface area contributed by atoms with Gasteiger partial charge in [0.2, 0.25) is 0 Å². The van der Waals surface area contributed by atoms with Crippen LogP contribution in [-0.2, 0) is 9.53 Å². The lowest BCUT2D eigenvalue weighted by molar-refractivity contribution is -0.125. The lowest BCUT2D eigenvalue weighted by atomic mass is 9.90. The Kier molecular flexibility index (Phi) is 5.61. The molecule has 0 fully saturated rings. The van der Waals surface area contributed by atoms with Gasteiger partial charge in [0.25, 0.3) is 5.91 Å². The van der Waals surface area contributed by atoms with Gasteiger partial charge < -0.3 is 10.1 Å². The highest BCUT2D eigenvalue weighted by atomic mass is 16.5. The summed E-state index contributed by atoms with van der Waals surface area (Å²) in [4.78, 5) is 29.0. The number of para-hydroxylation sites is 1. The van der Waals surface area contributed by atoms with E-state index in [0.29, 0.717) is 11.3 Å². The first-order valence-corrected chi connectivity index (χ1v) is 8.45. The summed E-state index contributed by atoms with van der Waals surface area (Å²) in [6.07, 6.45) is 0. The highest BCUT2D eigenvalue weighted by Gasteiger charge is 2.30. The van der Waals surface area contributed by atoms with Crippen molar-refractivity contribution in [1.82, 2.24) is 10.3 Å². The van der Waals surface area contributed by atoms with Crippen molar-refractivity contribution in [1.29, 1.82) is 5.26 Å². The van der Waals surface area contributed by atoms with Crippen molar-refractivity contribution in [2.24, 2.45) is 5.92 Å². The van der Waals surface area contributed by atoms with Gasteiger partial charge in [-0.15, -0.1) is 0 Å². The summed E-state index contributed by atoms with van der Waals surface area (Å²) < 4.78 is 5.17. The zero-order valence-corrected chi connectivity index (χ0v) is 15.7. The number of nitriles is 1. The first kappa shape index (κ1) is 19.4. The SMILES string of the molecule is Cc1nc2ccccc2c(C)c1C(=O)OCC(=O)N[C@@](C)(C#N)C(C)C. The second-order valence-corrected chi connectivity index (χ2v) is 6.81. The molecule has 1 aromatic carbocycles. The highest BCUT2D eigenvalue weighted by Crippen LogP contribution is 2.23. The monoisotopic (exact) mass is 353 g/mol. The van der Waals surface area contributed by atoms with Crippen LogP contribution >= 0.6 is 0 Å². The number of benzene rings is 1. The van der Waals surface area contributed by atoms with Crippen LogP contribution in [0.25, 0.3) is 10.9 Å². The maximum absolute atomic E-state index is 12.5. The number of carbonyl (C=O) groups is 2. The summed E-state index contributed by atoms with van der Waals surface area (Å²) in [6, 6.07) is 9.62. The molecule has 1 N–H and O–H groups in total. The van der Waals surface area contributed by atoms with Gasteiger partial charge in [-0.25, -0.2) is 4.79 Å². The second kappa shape index (κ2) is 7.52. The van der Waals surface area contributed by atoms with Gasteiger partial charge in [0.15, 0.2) is 6.61 Å². The molecule has 1 aromatic heterocycles. The first-order chi connectivity index (χ1) is 12.2. The number of amides is 1. The highest BCUT2D eigenvalue weighted by molar-refractivity contribution is 5.99. The average Bonchev–Trinajstić information content (AvgIpc) is 2.59. The maximum atomic E-state index is 12.5. The van der Waals surface area contributed by atoms with E-state index in [1.165, 1.54) is 0 Å². The van der Waals surface area contributed by atoms with E-state index in [-0.39, 0.29) is 5.92 Å². The minimum Gasteiger partial charge on any atom is -0.452 e. The topological polar surface area (TPSA) is 92.1 Å². The minimum absolute atomic E-state index is 0.0821. The first-order valence-electron chi connectivity index (χ1n) is 8.45. The maximum Gasteiger partial charge on any atom is 0.340 e. The number of aryl methyl sites for hydroxylation is 2. The summed E-state index contributed by atoms with van der Waals surface area (Å²) in [5.74, 6) is -1.20. The number of esters is 1. The van der Waals surface area contributed by atoms with Crippen molar-refractivity contribution in [2.75, 3.05) is 6.61 Å². The molecule has 6 heteroatoms. The predicted molar refractivity (Wildman–Crippen MR) is 98.5 cm³/mol. The molecule has 1 atom stereocenters. The molecule has 2 aromatic rings. The molecule has 0 aliphatic carbocycles. The van der Waals surface area contributed by atoms with Crippen molar-refractivity contribution >= 4 is 22.8 Å². The van der Waals surface area contributed by atoms with Crippen LogP contribution in [-0.4, -0.2) is 29.0 Å². The Labute approximate surface area is 153 Å². The van der Waals surface area contributed by atoms with E-state index in [1.807, 2.05) is 45.0 Å². The number of fused-ring (bicyclic) bond motifs is 1. The number of aromatic nitrogens is 1. The molecule has 136 valence electrons. The van der Waals surface area contributed by atoms with Crippen molar-refractivity contribution in [3.8, 4) is 6.07 Å². The Bertz CT molecular complexity index is 899. The standard InChI is InChI=1S/C20H23N3O3/c1-12(2)20(5,11-21)23-17(24)10-26-19(25)18-13(3)15-8-6-7-9-16(15)22-14(18)4/h6-9,12H,10H2,1-5H3,(H,23,24)/t20-/m0/s1. The van der Waals surface area contributed by atoms with Gasteiger partial charge in [0.1, 0.15) is 5.54 Å². The fourth-order valence-corrected chi connectivity index (χ4v) is 2.66. The minimum atomic E-state index is -1.01. The molecular weight excluding hydrogens is 330 g/mol. The summed E-state index contributed by atoms with van der Waals surface area (Å²) in [5.41, 5.74) is 1.47. The van der Waals surface area contributed by atoms with Crippen LogP contribution in [0.15, 0.2) is 24.3 Å². The molecule has 2 rings (SSSR count). The number of carbonyl (C=O) groups excluding carboxylic acids is 2. The third-order valence-corrected chi connectivity index (χ3v) is 4.66. The molecule has 0 radical (unpaired) electrons. The normalized spacial score (nSPS) is 13.1. The molecule has 26 heavy (non-hydrogen) atoms. The van der Waals surface area contributed by atoms with Gasteiger partial charge in [-0.05, 0) is 38.3 Å². The lowest BCUT2D eigenvalue weighted by Crippen LogP contribution is -2.50. The van der Waals surface area contributed by atoms with E-state index in [9.17, 15) is 14.9 Å². The van der Waals surface area contributed by atoms with Gasteiger partial charge in [-0.3, -0.25) is 9.78 Å². The summed E-state index contributed by atoms with van der Waals surface area (Å²) in [7, 11) is 0. The summed E-state index contributed by atoms with van der Waals surface area (Å²) in [6.45, 7) is 8.43. The number of nitrogens with zero attached hydrogens (tertiary/aromatic N) is 2. The van der Waals surface area contributed by atoms with E-state index in [2.05, 4.69) is 16.4 Å². The number of hydrogen-bond donors (Lipinski definition) is 1. The average molecular weight is 353 g/mol. The fraction of sp³-hybridized carbons (Fsp3) is 0.400. The summed E-state index contributed by atoms with van der Waals surface area (Å²) in [5, 5.41) is 12.7. The Balaban J connectivity index is 2.15. The molecule has 0 unspecified atom stereocenters. The van der Waals surface area contributed by atoms with Crippen molar-refractivity contribution < 1.29 is 14.3 Å². The van der Waals surface area contributed by atoms with Crippen LogP contribution in [0.3, 0.4) is 0 Å². The molecule has 0 spiro atoms. The van der Waals surface area contributed by atoms with Crippen molar-refractivity contribution in [2.45, 2.75) is 40.2 Å². The summed E-state index contributed by atoms with van der Waals surface area (Å²) >= 11 is 0. The van der Waals surface area contributed by atoms with E-state index in [0.717, 1.165) is 16.5 Å². The van der Waals surface area contributed by atoms with Crippen LogP contribution in [0.4, 0.5) is 0 Å². The molecule has 6 nitrogen and oxygen atoms in total. The largest absolute Gasteiger partial charge is 0.452 e. The van der Waals surface area contributed by atoms with E-state index in [1.54, 1.807) is 13.8 Å². The van der Waals surface area contributed by atoms with Gasteiger partial charge in [-0.2, -0.15) is 5.26 Å². The number of nitrogens with one attached hydrogen (secondary N) is 1. The van der Waals surface area contributed by atoms with Crippen LogP contribution in [0, 0.1) is 31.1 Å². The van der Waals surface area contributed by atoms with Crippen molar-refractivity contribution in [3.63, 3.8) is 0 Å². The van der Waals surface area contributed by atoms with Crippen molar-refractivity contribution in [3.05, 3.63) is 41.1 Å². The number of rotatable bonds is 5. The number of pyridine rings is 1. The molecule has 0 saturated heterocycles. The Morgan fingerprint density at radius 1 is 1.31 bits per heavy atom. The zero-order valence-electron chi connectivity index (χ0n) is 15.7. The Morgan fingerprint density at radius 2 is 1.96 bits per heavy atom. The zero-order chi connectivity index (χ0) is 19.5. The molecular formula is C20H23N3O3. The predicted octanol–water partition coefficient (Wildman–Crippen LogP) is 3.06. The molecule has 0 saturated carbocycles. The van der Waals surface area contributed by atoms with E-state index < -0.39 is 24.0 Å². The quantitative estimate of drug-likeness (QED) is 0.834. The van der Waals surface area contributed by atoms with Gasteiger partial charge in [0, 0.05) is 5.39 Å². The van der Waals surface area contributed by atoms with E-state index >= 15 is 0 Å². The molecule has 0 aliphatic heterocycles. The van der Waals surface area contributed by atoms with Crippen LogP contribution in [0.2, 0.25) is 0 Å². The third-order valence-electron chi connectivity index (χ3n) is 4.66. The van der Waals surface area contributed by atoms with Crippen LogP contribution < -0.4 is 5.32 Å².